The Morgan fingerprint density at radius 3 is 2.79 bits per heavy atom. The Hall–Kier alpha value is -1.07. The van der Waals surface area contributed by atoms with Crippen molar-refractivity contribution < 1.29 is 9.84 Å². The number of nitrogens with zero attached hydrogens (tertiary/aromatic N) is 1. The molecule has 0 spiro atoms. The van der Waals surface area contributed by atoms with Gasteiger partial charge in [0.05, 0.1) is 19.2 Å². The summed E-state index contributed by atoms with van der Waals surface area (Å²) in [5, 5.41) is 10.4. The van der Waals surface area contributed by atoms with E-state index in [1.54, 1.807) is 7.11 Å². The maximum Gasteiger partial charge on any atom is 0.133 e. The Morgan fingerprint density at radius 1 is 1.42 bits per heavy atom. The van der Waals surface area contributed by atoms with Gasteiger partial charge >= 0.3 is 0 Å². The lowest BCUT2D eigenvalue weighted by Gasteiger charge is -2.10. The number of aromatic nitrogens is 1. The van der Waals surface area contributed by atoms with Crippen molar-refractivity contribution in [2.24, 2.45) is 5.73 Å². The second-order valence-electron chi connectivity index (χ2n) is 4.14. The van der Waals surface area contributed by atoms with Crippen LogP contribution < -0.4 is 10.5 Å². The molecule has 1 heterocycles. The number of methoxy groups -OCH3 is 1. The summed E-state index contributed by atoms with van der Waals surface area (Å²) in [6, 6.07) is 7.25. The summed E-state index contributed by atoms with van der Waals surface area (Å²) >= 11 is 6.11. The zero-order valence-corrected chi connectivity index (χ0v) is 12.0. The summed E-state index contributed by atoms with van der Waals surface area (Å²) in [5.41, 5.74) is 7.33. The van der Waals surface area contributed by atoms with Crippen molar-refractivity contribution in [3.63, 3.8) is 0 Å². The molecular formula is C13H16Cl2N2O2. The number of fused-ring (bicyclic) bond motifs is 1. The molecule has 1 unspecified atom stereocenters. The lowest BCUT2D eigenvalue weighted by Crippen LogP contribution is -2.27. The number of ether oxygens (including phenoxy) is 1. The summed E-state index contributed by atoms with van der Waals surface area (Å²) in [6.45, 7) is -0.0724. The summed E-state index contributed by atoms with van der Waals surface area (Å²) < 4.78 is 5.14. The molecule has 2 rings (SSSR count). The summed E-state index contributed by atoms with van der Waals surface area (Å²) in [5.74, 6) is 0.742. The second kappa shape index (κ2) is 6.91. The highest BCUT2D eigenvalue weighted by Gasteiger charge is 2.09. The Bertz CT molecular complexity index is 564. The molecule has 104 valence electrons. The fourth-order valence-electron chi connectivity index (χ4n) is 1.78. The molecular weight excluding hydrogens is 287 g/mol. The topological polar surface area (TPSA) is 68.4 Å². The van der Waals surface area contributed by atoms with E-state index in [1.165, 1.54) is 0 Å². The van der Waals surface area contributed by atoms with E-state index in [4.69, 9.17) is 27.2 Å². The molecule has 3 N–H and O–H groups in total. The lowest BCUT2D eigenvalue weighted by molar-refractivity contribution is 0.265. The molecule has 1 aromatic heterocycles. The normalized spacial score (nSPS) is 12.0. The SMILES string of the molecule is COc1ccc2cc(CC(N)CO)c(Cl)nc2c1.Cl. The fraction of sp³-hybridized carbons (Fsp3) is 0.308. The highest BCUT2D eigenvalue weighted by atomic mass is 35.5. The van der Waals surface area contributed by atoms with Gasteiger partial charge in [-0.3, -0.25) is 0 Å². The quantitative estimate of drug-likeness (QED) is 0.850. The Morgan fingerprint density at radius 2 is 2.16 bits per heavy atom. The van der Waals surface area contributed by atoms with Crippen molar-refractivity contribution in [3.05, 3.63) is 35.0 Å². The van der Waals surface area contributed by atoms with Gasteiger partial charge in [-0.25, -0.2) is 4.98 Å². The third-order valence-corrected chi connectivity index (χ3v) is 3.09. The predicted molar refractivity (Wildman–Crippen MR) is 79.3 cm³/mol. The number of pyridine rings is 1. The lowest BCUT2D eigenvalue weighted by atomic mass is 10.1. The van der Waals surface area contributed by atoms with Gasteiger partial charge in [-0.2, -0.15) is 0 Å². The molecule has 19 heavy (non-hydrogen) atoms. The van der Waals surface area contributed by atoms with Gasteiger partial charge in [-0.1, -0.05) is 11.6 Å². The van der Waals surface area contributed by atoms with Crippen LogP contribution in [0.25, 0.3) is 10.9 Å². The van der Waals surface area contributed by atoms with Gasteiger partial charge in [0.1, 0.15) is 10.9 Å². The van der Waals surface area contributed by atoms with Crippen molar-refractivity contribution in [1.82, 2.24) is 4.98 Å². The number of nitrogens with two attached hydrogens (primary N) is 1. The van der Waals surface area contributed by atoms with Gasteiger partial charge in [-0.15, -0.1) is 12.4 Å². The number of hydrogen-bond donors (Lipinski definition) is 2. The van der Waals surface area contributed by atoms with Crippen LogP contribution in [0.1, 0.15) is 5.56 Å². The van der Waals surface area contributed by atoms with Crippen molar-refractivity contribution >= 4 is 34.9 Å². The minimum atomic E-state index is -0.319. The van der Waals surface area contributed by atoms with Crippen LogP contribution in [0.3, 0.4) is 0 Å². The molecule has 0 fully saturated rings. The van der Waals surface area contributed by atoms with Gasteiger partial charge in [0.25, 0.3) is 0 Å². The van der Waals surface area contributed by atoms with Crippen LogP contribution in [-0.2, 0) is 6.42 Å². The standard InChI is InChI=1S/C13H15ClN2O2.ClH/c1-18-11-3-2-8-4-9(5-10(15)7-17)13(14)16-12(8)6-11;/h2-4,6,10,17H,5,7,15H2,1H3;1H. The first-order valence-electron chi connectivity index (χ1n) is 5.63. The van der Waals surface area contributed by atoms with E-state index in [0.717, 1.165) is 22.2 Å². The molecule has 0 aliphatic heterocycles. The van der Waals surface area contributed by atoms with Gasteiger partial charge in [0, 0.05) is 17.5 Å². The third-order valence-electron chi connectivity index (χ3n) is 2.77. The van der Waals surface area contributed by atoms with E-state index >= 15 is 0 Å². The van der Waals surface area contributed by atoms with Crippen LogP contribution in [0, 0.1) is 0 Å². The number of hydrogen-bond acceptors (Lipinski definition) is 4. The van der Waals surface area contributed by atoms with Crippen LogP contribution in [0.2, 0.25) is 5.15 Å². The molecule has 0 radical (unpaired) electrons. The van der Waals surface area contributed by atoms with Crippen molar-refractivity contribution in [1.29, 1.82) is 0 Å². The van der Waals surface area contributed by atoms with Gasteiger partial charge < -0.3 is 15.6 Å². The molecule has 2 aromatic rings. The molecule has 0 aliphatic carbocycles. The van der Waals surface area contributed by atoms with Crippen LogP contribution >= 0.6 is 24.0 Å². The number of benzene rings is 1. The molecule has 1 atom stereocenters. The molecule has 0 amide bonds. The molecule has 0 aliphatic rings. The molecule has 0 saturated heterocycles. The van der Waals surface area contributed by atoms with Crippen molar-refractivity contribution in [2.45, 2.75) is 12.5 Å². The average Bonchev–Trinajstić information content (AvgIpc) is 2.38. The summed E-state index contributed by atoms with van der Waals surface area (Å²) in [4.78, 5) is 4.32. The van der Waals surface area contributed by atoms with Gasteiger partial charge in [0.15, 0.2) is 0 Å². The van der Waals surface area contributed by atoms with Crippen LogP contribution in [0.15, 0.2) is 24.3 Å². The Balaban J connectivity index is 0.00000180. The minimum Gasteiger partial charge on any atom is -0.497 e. The van der Waals surface area contributed by atoms with E-state index < -0.39 is 0 Å². The molecule has 1 aromatic carbocycles. The minimum absolute atomic E-state index is 0. The second-order valence-corrected chi connectivity index (χ2v) is 4.50. The van der Waals surface area contributed by atoms with Crippen LogP contribution in [-0.4, -0.2) is 29.8 Å². The van der Waals surface area contributed by atoms with Crippen LogP contribution in [0.5, 0.6) is 5.75 Å². The van der Waals surface area contributed by atoms with Crippen molar-refractivity contribution in [3.8, 4) is 5.75 Å². The largest absolute Gasteiger partial charge is 0.497 e. The number of aliphatic hydroxyl groups excluding tert-OH is 1. The van der Waals surface area contributed by atoms with E-state index in [0.29, 0.717) is 11.6 Å². The van der Waals surface area contributed by atoms with E-state index in [-0.39, 0.29) is 25.1 Å². The Kier molecular flexibility index (Phi) is 5.82. The average molecular weight is 303 g/mol. The Labute approximate surface area is 122 Å². The van der Waals surface area contributed by atoms with Crippen molar-refractivity contribution in [2.75, 3.05) is 13.7 Å². The van der Waals surface area contributed by atoms with E-state index in [1.807, 2.05) is 24.3 Å². The molecule has 4 nitrogen and oxygen atoms in total. The summed E-state index contributed by atoms with van der Waals surface area (Å²) in [7, 11) is 1.61. The zero-order valence-electron chi connectivity index (χ0n) is 10.5. The highest BCUT2D eigenvalue weighted by Crippen LogP contribution is 2.24. The zero-order chi connectivity index (χ0) is 13.1. The third kappa shape index (κ3) is 3.70. The molecule has 0 saturated carbocycles. The maximum atomic E-state index is 8.96. The number of aliphatic hydroxyl groups is 1. The highest BCUT2D eigenvalue weighted by molar-refractivity contribution is 6.30. The summed E-state index contributed by atoms with van der Waals surface area (Å²) in [6.07, 6.45) is 0.504. The molecule has 6 heteroatoms. The number of halogens is 2. The van der Waals surface area contributed by atoms with Gasteiger partial charge in [-0.05, 0) is 30.2 Å². The fourth-order valence-corrected chi connectivity index (χ4v) is 2.01. The molecule has 0 bridgehead atoms. The van der Waals surface area contributed by atoms with E-state index in [9.17, 15) is 0 Å². The van der Waals surface area contributed by atoms with E-state index in [2.05, 4.69) is 4.98 Å². The van der Waals surface area contributed by atoms with Gasteiger partial charge in [0.2, 0.25) is 0 Å². The smallest absolute Gasteiger partial charge is 0.133 e. The number of rotatable bonds is 4. The monoisotopic (exact) mass is 302 g/mol. The predicted octanol–water partition coefficient (Wildman–Crippen LogP) is 2.18. The first-order chi connectivity index (χ1) is 8.63. The first kappa shape index (κ1) is 16.0. The van der Waals surface area contributed by atoms with Crippen LogP contribution in [0.4, 0.5) is 0 Å². The first-order valence-corrected chi connectivity index (χ1v) is 6.01. The maximum absolute atomic E-state index is 8.96.